The maximum atomic E-state index is 12.1. The van der Waals surface area contributed by atoms with Gasteiger partial charge in [0.15, 0.2) is 0 Å². The van der Waals surface area contributed by atoms with Crippen molar-refractivity contribution in [2.24, 2.45) is 0 Å². The van der Waals surface area contributed by atoms with Crippen LogP contribution >= 0.6 is 31.9 Å². The van der Waals surface area contributed by atoms with E-state index in [1.54, 1.807) is 0 Å². The van der Waals surface area contributed by atoms with E-state index in [0.29, 0.717) is 12.1 Å². The molecule has 2 rings (SSSR count). The molecule has 0 aliphatic heterocycles. The molecule has 4 heteroatoms. The second-order valence-electron chi connectivity index (χ2n) is 4.60. The van der Waals surface area contributed by atoms with Gasteiger partial charge in [0, 0.05) is 21.9 Å². The number of alkyl halides is 1. The molecule has 20 heavy (non-hydrogen) atoms. The van der Waals surface area contributed by atoms with Crippen LogP contribution in [0.15, 0.2) is 46.9 Å². The van der Waals surface area contributed by atoms with Crippen LogP contribution in [0.3, 0.4) is 0 Å². The van der Waals surface area contributed by atoms with Crippen LogP contribution in [0.2, 0.25) is 0 Å². The van der Waals surface area contributed by atoms with Crippen LogP contribution in [-0.2, 0) is 11.9 Å². The Hall–Kier alpha value is -1.13. The van der Waals surface area contributed by atoms with Crippen LogP contribution in [0.4, 0.5) is 0 Å². The lowest BCUT2D eigenvalue weighted by Gasteiger charge is -2.07. The molecular formula is C16H15Br2NO. The number of hydrogen-bond acceptors (Lipinski definition) is 1. The number of halogens is 2. The van der Waals surface area contributed by atoms with Gasteiger partial charge in [-0.1, -0.05) is 62.2 Å². The lowest BCUT2D eigenvalue weighted by molar-refractivity contribution is 0.0951. The Kier molecular flexibility index (Phi) is 5.38. The Bertz CT molecular complexity index is 626. The fourth-order valence-corrected chi connectivity index (χ4v) is 2.57. The van der Waals surface area contributed by atoms with Crippen LogP contribution in [-0.4, -0.2) is 5.91 Å². The quantitative estimate of drug-likeness (QED) is 0.752. The highest BCUT2D eigenvalue weighted by Gasteiger charge is 2.07. The maximum absolute atomic E-state index is 12.1. The van der Waals surface area contributed by atoms with Gasteiger partial charge in [0.25, 0.3) is 5.91 Å². The zero-order chi connectivity index (χ0) is 14.5. The van der Waals surface area contributed by atoms with Gasteiger partial charge in [-0.15, -0.1) is 0 Å². The fraction of sp³-hybridized carbons (Fsp3) is 0.188. The number of hydrogen-bond donors (Lipinski definition) is 1. The summed E-state index contributed by atoms with van der Waals surface area (Å²) in [6.45, 7) is 2.53. The van der Waals surface area contributed by atoms with Crippen molar-refractivity contribution >= 4 is 37.8 Å². The molecule has 0 saturated heterocycles. The first-order valence-corrected chi connectivity index (χ1v) is 8.19. The summed E-state index contributed by atoms with van der Waals surface area (Å²) in [4.78, 5) is 12.1. The largest absolute Gasteiger partial charge is 0.348 e. The highest BCUT2D eigenvalue weighted by molar-refractivity contribution is 9.10. The fourth-order valence-electron chi connectivity index (χ4n) is 1.84. The smallest absolute Gasteiger partial charge is 0.251 e. The average Bonchev–Trinajstić information content (AvgIpc) is 2.47. The molecule has 0 saturated carbocycles. The number of amides is 1. The van der Waals surface area contributed by atoms with Crippen molar-refractivity contribution in [1.29, 1.82) is 0 Å². The highest BCUT2D eigenvalue weighted by Crippen LogP contribution is 2.17. The Balaban J connectivity index is 2.02. The average molecular weight is 397 g/mol. The number of benzene rings is 2. The summed E-state index contributed by atoms with van der Waals surface area (Å²) in [5, 5.41) is 3.76. The van der Waals surface area contributed by atoms with Gasteiger partial charge in [0.05, 0.1) is 0 Å². The molecule has 0 fully saturated rings. The van der Waals surface area contributed by atoms with Crippen LogP contribution in [0.25, 0.3) is 0 Å². The first-order valence-electron chi connectivity index (χ1n) is 6.28. The van der Waals surface area contributed by atoms with E-state index in [1.807, 2.05) is 37.3 Å². The molecule has 0 unspecified atom stereocenters. The molecule has 0 radical (unpaired) electrons. The van der Waals surface area contributed by atoms with Gasteiger partial charge in [-0.2, -0.15) is 0 Å². The normalized spacial score (nSPS) is 10.3. The minimum Gasteiger partial charge on any atom is -0.348 e. The third kappa shape index (κ3) is 3.93. The SMILES string of the molecule is Cc1ccc(C(=O)NCc2cccc(CBr)c2)cc1Br. The number of carbonyl (C=O) groups is 1. The van der Waals surface area contributed by atoms with E-state index in [1.165, 1.54) is 5.56 Å². The number of rotatable bonds is 4. The summed E-state index contributed by atoms with van der Waals surface area (Å²) in [6.07, 6.45) is 0. The van der Waals surface area contributed by atoms with E-state index in [9.17, 15) is 4.79 Å². The molecule has 0 atom stereocenters. The molecule has 0 aromatic heterocycles. The Morgan fingerprint density at radius 1 is 1.15 bits per heavy atom. The van der Waals surface area contributed by atoms with E-state index < -0.39 is 0 Å². The van der Waals surface area contributed by atoms with Crippen molar-refractivity contribution in [1.82, 2.24) is 5.32 Å². The summed E-state index contributed by atoms with van der Waals surface area (Å²) in [5.74, 6) is -0.0602. The number of aryl methyl sites for hydroxylation is 1. The molecule has 0 bridgehead atoms. The first-order chi connectivity index (χ1) is 9.60. The van der Waals surface area contributed by atoms with Gasteiger partial charge in [0.1, 0.15) is 0 Å². The Morgan fingerprint density at radius 2 is 1.90 bits per heavy atom. The molecule has 0 aliphatic rings. The maximum Gasteiger partial charge on any atom is 0.251 e. The van der Waals surface area contributed by atoms with Crippen LogP contribution < -0.4 is 5.32 Å². The Morgan fingerprint density at radius 3 is 2.60 bits per heavy atom. The molecule has 104 valence electrons. The standard InChI is InChI=1S/C16H15Br2NO/c1-11-5-6-14(8-15(11)18)16(20)19-10-13-4-2-3-12(7-13)9-17/h2-8H,9-10H2,1H3,(H,19,20). The molecular weight excluding hydrogens is 382 g/mol. The second kappa shape index (κ2) is 7.04. The predicted molar refractivity (Wildman–Crippen MR) is 89.1 cm³/mol. The highest BCUT2D eigenvalue weighted by atomic mass is 79.9. The van der Waals surface area contributed by atoms with Crippen molar-refractivity contribution in [2.75, 3.05) is 0 Å². The molecule has 2 aromatic rings. The van der Waals surface area contributed by atoms with Gasteiger partial charge >= 0.3 is 0 Å². The molecule has 0 spiro atoms. The van der Waals surface area contributed by atoms with E-state index >= 15 is 0 Å². The van der Waals surface area contributed by atoms with E-state index in [2.05, 4.69) is 49.3 Å². The molecule has 1 N–H and O–H groups in total. The Labute approximate surface area is 135 Å². The third-order valence-corrected chi connectivity index (χ3v) is 4.53. The zero-order valence-corrected chi connectivity index (χ0v) is 14.3. The molecule has 0 heterocycles. The summed E-state index contributed by atoms with van der Waals surface area (Å²) < 4.78 is 0.950. The van der Waals surface area contributed by atoms with Crippen LogP contribution in [0, 0.1) is 6.92 Å². The van der Waals surface area contributed by atoms with Crippen LogP contribution in [0.5, 0.6) is 0 Å². The lowest BCUT2D eigenvalue weighted by atomic mass is 10.1. The van der Waals surface area contributed by atoms with Gasteiger partial charge in [0.2, 0.25) is 0 Å². The minimum atomic E-state index is -0.0602. The second-order valence-corrected chi connectivity index (χ2v) is 6.02. The molecule has 2 nitrogen and oxygen atoms in total. The summed E-state index contributed by atoms with van der Waals surface area (Å²) >= 11 is 6.87. The van der Waals surface area contributed by atoms with Crippen molar-refractivity contribution in [2.45, 2.75) is 18.8 Å². The third-order valence-electron chi connectivity index (χ3n) is 3.03. The van der Waals surface area contributed by atoms with Crippen molar-refractivity contribution in [3.05, 3.63) is 69.2 Å². The lowest BCUT2D eigenvalue weighted by Crippen LogP contribution is -2.22. The minimum absolute atomic E-state index is 0.0602. The van der Waals surface area contributed by atoms with Gasteiger partial charge in [-0.05, 0) is 35.7 Å². The van der Waals surface area contributed by atoms with Crippen LogP contribution in [0.1, 0.15) is 27.0 Å². The molecule has 0 aliphatic carbocycles. The van der Waals surface area contributed by atoms with E-state index in [4.69, 9.17) is 0 Å². The van der Waals surface area contributed by atoms with Crippen molar-refractivity contribution < 1.29 is 4.79 Å². The molecule has 1 amide bonds. The van der Waals surface area contributed by atoms with Gasteiger partial charge < -0.3 is 5.32 Å². The van der Waals surface area contributed by atoms with Gasteiger partial charge in [-0.3, -0.25) is 4.79 Å². The van der Waals surface area contributed by atoms with Crippen molar-refractivity contribution in [3.63, 3.8) is 0 Å². The van der Waals surface area contributed by atoms with Gasteiger partial charge in [-0.25, -0.2) is 0 Å². The topological polar surface area (TPSA) is 29.1 Å². The monoisotopic (exact) mass is 395 g/mol. The summed E-state index contributed by atoms with van der Waals surface area (Å²) in [7, 11) is 0. The van der Waals surface area contributed by atoms with E-state index in [-0.39, 0.29) is 5.91 Å². The zero-order valence-electron chi connectivity index (χ0n) is 11.1. The number of carbonyl (C=O) groups excluding carboxylic acids is 1. The van der Waals surface area contributed by atoms with Crippen molar-refractivity contribution in [3.8, 4) is 0 Å². The molecule has 2 aromatic carbocycles. The number of nitrogens with one attached hydrogen (secondary N) is 1. The summed E-state index contributed by atoms with van der Waals surface area (Å²) in [5.41, 5.74) is 4.09. The summed E-state index contributed by atoms with van der Waals surface area (Å²) in [6, 6.07) is 13.8. The van der Waals surface area contributed by atoms with E-state index in [0.717, 1.165) is 20.9 Å². The predicted octanol–water partition coefficient (Wildman–Crippen LogP) is 4.58. The first kappa shape index (κ1) is 15.3.